The van der Waals surface area contributed by atoms with E-state index in [1.807, 2.05) is 6.92 Å². The van der Waals surface area contributed by atoms with E-state index in [-0.39, 0.29) is 11.7 Å². The third-order valence-electron chi connectivity index (χ3n) is 1.92. The molecule has 0 saturated carbocycles. The van der Waals surface area contributed by atoms with Gasteiger partial charge in [0.2, 0.25) is 5.91 Å². The van der Waals surface area contributed by atoms with Crippen molar-refractivity contribution in [1.29, 1.82) is 0 Å². The molecule has 1 unspecified atom stereocenters. The predicted octanol–water partition coefficient (Wildman–Crippen LogP) is -0.478. The van der Waals surface area contributed by atoms with Crippen molar-refractivity contribution in [3.8, 4) is 0 Å². The van der Waals surface area contributed by atoms with E-state index in [4.69, 9.17) is 5.73 Å². The van der Waals surface area contributed by atoms with Crippen LogP contribution in [0.3, 0.4) is 0 Å². The summed E-state index contributed by atoms with van der Waals surface area (Å²) in [6.45, 7) is 4.56. The molecule has 1 atom stereocenters. The molecule has 0 aliphatic rings. The maximum Gasteiger partial charge on any atom is 0.235 e. The fraction of sp³-hybridized carbons (Fsp3) is 0.889. The van der Waals surface area contributed by atoms with E-state index in [2.05, 4.69) is 5.32 Å². The molecular weight excluding hydrogens is 216 g/mol. The van der Waals surface area contributed by atoms with Gasteiger partial charge in [-0.3, -0.25) is 4.79 Å². The average molecular weight is 236 g/mol. The van der Waals surface area contributed by atoms with Crippen LogP contribution in [0.15, 0.2) is 0 Å². The molecule has 0 radical (unpaired) electrons. The summed E-state index contributed by atoms with van der Waals surface area (Å²) >= 11 is 0. The fourth-order valence-electron chi connectivity index (χ4n) is 1.01. The minimum Gasteiger partial charge on any atom is -0.355 e. The topological polar surface area (TPSA) is 89.3 Å². The van der Waals surface area contributed by atoms with Crippen LogP contribution in [0.25, 0.3) is 0 Å². The maximum absolute atomic E-state index is 11.3. The SMILES string of the molecule is CCCS(=O)(=O)CC(=O)NCC(C)CN. The third kappa shape index (κ3) is 7.33. The predicted molar refractivity (Wildman–Crippen MR) is 60.2 cm³/mol. The van der Waals surface area contributed by atoms with Gasteiger partial charge in [0.15, 0.2) is 9.84 Å². The normalized spacial score (nSPS) is 13.5. The van der Waals surface area contributed by atoms with Gasteiger partial charge in [-0.1, -0.05) is 13.8 Å². The van der Waals surface area contributed by atoms with Gasteiger partial charge in [0.25, 0.3) is 0 Å². The van der Waals surface area contributed by atoms with Crippen LogP contribution in [0.2, 0.25) is 0 Å². The molecule has 15 heavy (non-hydrogen) atoms. The Balaban J connectivity index is 3.94. The summed E-state index contributed by atoms with van der Waals surface area (Å²) in [5.74, 6) is -0.628. The molecule has 3 N–H and O–H groups in total. The molecule has 0 aliphatic carbocycles. The van der Waals surface area contributed by atoms with Crippen molar-refractivity contribution in [3.63, 3.8) is 0 Å². The van der Waals surface area contributed by atoms with E-state index >= 15 is 0 Å². The molecule has 0 aromatic heterocycles. The monoisotopic (exact) mass is 236 g/mol. The summed E-state index contributed by atoms with van der Waals surface area (Å²) in [5, 5.41) is 2.55. The smallest absolute Gasteiger partial charge is 0.235 e. The Morgan fingerprint density at radius 1 is 1.47 bits per heavy atom. The molecule has 0 saturated heterocycles. The minimum atomic E-state index is -3.23. The number of nitrogens with two attached hydrogens (primary N) is 1. The first-order valence-corrected chi connectivity index (χ1v) is 6.90. The van der Waals surface area contributed by atoms with Crippen molar-refractivity contribution < 1.29 is 13.2 Å². The van der Waals surface area contributed by atoms with E-state index in [0.717, 1.165) is 0 Å². The van der Waals surface area contributed by atoms with Crippen molar-refractivity contribution in [2.24, 2.45) is 11.7 Å². The van der Waals surface area contributed by atoms with E-state index < -0.39 is 21.5 Å². The highest BCUT2D eigenvalue weighted by Gasteiger charge is 2.15. The quantitative estimate of drug-likeness (QED) is 0.625. The van der Waals surface area contributed by atoms with Crippen LogP contribution in [0.4, 0.5) is 0 Å². The van der Waals surface area contributed by atoms with E-state index in [9.17, 15) is 13.2 Å². The van der Waals surface area contributed by atoms with Gasteiger partial charge < -0.3 is 11.1 Å². The molecule has 6 heteroatoms. The Labute approximate surface area is 91.3 Å². The van der Waals surface area contributed by atoms with Crippen molar-refractivity contribution in [2.75, 3.05) is 24.6 Å². The summed E-state index contributed by atoms with van der Waals surface area (Å²) in [5.41, 5.74) is 5.36. The van der Waals surface area contributed by atoms with Gasteiger partial charge in [0, 0.05) is 6.54 Å². The van der Waals surface area contributed by atoms with Crippen molar-refractivity contribution in [3.05, 3.63) is 0 Å². The number of hydrogen-bond acceptors (Lipinski definition) is 4. The van der Waals surface area contributed by atoms with Crippen LogP contribution in [0, 0.1) is 5.92 Å². The summed E-state index contributed by atoms with van der Waals surface area (Å²) in [7, 11) is -3.23. The lowest BCUT2D eigenvalue weighted by molar-refractivity contribution is -0.118. The Kier molecular flexibility index (Phi) is 6.51. The summed E-state index contributed by atoms with van der Waals surface area (Å²) in [6, 6.07) is 0. The zero-order chi connectivity index (χ0) is 11.9. The molecule has 5 nitrogen and oxygen atoms in total. The molecule has 0 heterocycles. The van der Waals surface area contributed by atoms with Gasteiger partial charge in [-0.15, -0.1) is 0 Å². The second-order valence-electron chi connectivity index (χ2n) is 3.74. The van der Waals surface area contributed by atoms with E-state index in [1.54, 1.807) is 6.92 Å². The Morgan fingerprint density at radius 3 is 2.53 bits per heavy atom. The summed E-state index contributed by atoms with van der Waals surface area (Å²) in [4.78, 5) is 11.2. The van der Waals surface area contributed by atoms with Gasteiger partial charge >= 0.3 is 0 Å². The first-order valence-electron chi connectivity index (χ1n) is 5.08. The van der Waals surface area contributed by atoms with Crippen LogP contribution < -0.4 is 11.1 Å². The van der Waals surface area contributed by atoms with Crippen LogP contribution >= 0.6 is 0 Å². The summed E-state index contributed by atoms with van der Waals surface area (Å²) in [6.07, 6.45) is 0.537. The maximum atomic E-state index is 11.3. The van der Waals surface area contributed by atoms with E-state index in [1.165, 1.54) is 0 Å². The van der Waals surface area contributed by atoms with Crippen molar-refractivity contribution >= 4 is 15.7 Å². The van der Waals surface area contributed by atoms with Crippen molar-refractivity contribution in [2.45, 2.75) is 20.3 Å². The third-order valence-corrected chi connectivity index (χ3v) is 3.65. The number of hydrogen-bond donors (Lipinski definition) is 2. The minimum absolute atomic E-state index is 0.0624. The lowest BCUT2D eigenvalue weighted by Crippen LogP contribution is -2.35. The lowest BCUT2D eigenvalue weighted by atomic mass is 10.2. The standard InChI is InChI=1S/C9H20N2O3S/c1-3-4-15(13,14)7-9(12)11-6-8(2)5-10/h8H,3-7,10H2,1-2H3,(H,11,12). The number of sulfone groups is 1. The number of rotatable bonds is 7. The van der Waals surface area contributed by atoms with Gasteiger partial charge in [0.05, 0.1) is 5.75 Å². The first-order chi connectivity index (χ1) is 6.91. The zero-order valence-corrected chi connectivity index (χ0v) is 10.1. The molecule has 0 rings (SSSR count). The molecular formula is C9H20N2O3S. The first kappa shape index (κ1) is 14.4. The van der Waals surface area contributed by atoms with Crippen molar-refractivity contribution in [1.82, 2.24) is 5.32 Å². The molecule has 1 amide bonds. The van der Waals surface area contributed by atoms with E-state index in [0.29, 0.717) is 19.5 Å². The van der Waals surface area contributed by atoms with Crippen LogP contribution in [-0.4, -0.2) is 38.9 Å². The van der Waals surface area contributed by atoms with Crippen LogP contribution in [0.5, 0.6) is 0 Å². The molecule has 0 bridgehead atoms. The Bertz CT molecular complexity index is 288. The lowest BCUT2D eigenvalue weighted by Gasteiger charge is -2.09. The Hall–Kier alpha value is -0.620. The Morgan fingerprint density at radius 2 is 2.07 bits per heavy atom. The van der Waals surface area contributed by atoms with Gasteiger partial charge in [-0.05, 0) is 18.9 Å². The van der Waals surface area contributed by atoms with Crippen LogP contribution in [-0.2, 0) is 14.6 Å². The largest absolute Gasteiger partial charge is 0.355 e. The van der Waals surface area contributed by atoms with Gasteiger partial charge in [-0.2, -0.15) is 0 Å². The highest BCUT2D eigenvalue weighted by atomic mass is 32.2. The molecule has 0 aromatic rings. The summed E-state index contributed by atoms with van der Waals surface area (Å²) < 4.78 is 22.5. The molecule has 0 aromatic carbocycles. The number of nitrogens with one attached hydrogen (secondary N) is 1. The molecule has 0 fully saturated rings. The molecule has 90 valence electrons. The van der Waals surface area contributed by atoms with Gasteiger partial charge in [0.1, 0.15) is 5.75 Å². The average Bonchev–Trinajstić information content (AvgIpc) is 2.13. The second-order valence-corrected chi connectivity index (χ2v) is 5.92. The number of amides is 1. The highest BCUT2D eigenvalue weighted by molar-refractivity contribution is 7.92. The highest BCUT2D eigenvalue weighted by Crippen LogP contribution is 1.94. The molecule has 0 spiro atoms. The zero-order valence-electron chi connectivity index (χ0n) is 9.32. The fourth-order valence-corrected chi connectivity index (χ4v) is 2.27. The second kappa shape index (κ2) is 6.79. The van der Waals surface area contributed by atoms with Gasteiger partial charge in [-0.25, -0.2) is 8.42 Å². The molecule has 0 aliphatic heterocycles. The number of carbonyl (C=O) groups is 1. The van der Waals surface area contributed by atoms with Crippen LogP contribution in [0.1, 0.15) is 20.3 Å². The number of carbonyl (C=O) groups excluding carboxylic acids is 1.